The van der Waals surface area contributed by atoms with Gasteiger partial charge in [0.15, 0.2) is 7.14 Å². The van der Waals surface area contributed by atoms with Crippen molar-refractivity contribution in [2.75, 3.05) is 0 Å². The summed E-state index contributed by atoms with van der Waals surface area (Å²) in [6.45, 7) is 13.6. The molecule has 144 valence electrons. The molecule has 0 unspecified atom stereocenters. The molecule has 0 aliphatic carbocycles. The SMILES string of the molecule is CC(C)(C)c1ccc([I+]c2ccc(C(C)(C)C)cc2)cc1.[O]=[Sb]([F])([F])[F]. The molecule has 2 rings (SSSR count). The molecule has 0 bridgehead atoms. The molecule has 1 nitrogen and oxygen atoms in total. The quantitative estimate of drug-likeness (QED) is 0.390. The van der Waals surface area contributed by atoms with Crippen molar-refractivity contribution in [2.24, 2.45) is 0 Å². The summed E-state index contributed by atoms with van der Waals surface area (Å²) < 4.78 is 41.3. The van der Waals surface area contributed by atoms with Crippen LogP contribution >= 0.6 is 0 Å². The van der Waals surface area contributed by atoms with Crippen LogP contribution in [-0.2, 0) is 13.8 Å². The van der Waals surface area contributed by atoms with Gasteiger partial charge in [-0.3, -0.25) is 0 Å². The van der Waals surface area contributed by atoms with E-state index in [4.69, 9.17) is 3.02 Å². The first-order valence-corrected chi connectivity index (χ1v) is 14.3. The van der Waals surface area contributed by atoms with Gasteiger partial charge in [-0.2, -0.15) is 0 Å². The molecule has 0 radical (unpaired) electrons. The van der Waals surface area contributed by atoms with Crippen LogP contribution in [0.5, 0.6) is 0 Å². The fraction of sp³-hybridized carbons (Fsp3) is 0.400. The summed E-state index contributed by atoms with van der Waals surface area (Å²) in [4.78, 5) is 0. The minimum atomic E-state index is -6.85. The molecule has 0 atom stereocenters. The van der Waals surface area contributed by atoms with Gasteiger partial charge in [0.05, 0.1) is 0 Å². The van der Waals surface area contributed by atoms with Crippen molar-refractivity contribution in [1.29, 1.82) is 0 Å². The number of hydrogen-bond donors (Lipinski definition) is 0. The Morgan fingerprint density at radius 3 is 1.08 bits per heavy atom. The third-order valence-electron chi connectivity index (χ3n) is 3.64. The van der Waals surface area contributed by atoms with Gasteiger partial charge >= 0.3 is 53.2 Å². The summed E-state index contributed by atoms with van der Waals surface area (Å²) >= 11 is -6.92. The van der Waals surface area contributed by atoms with Crippen molar-refractivity contribution in [1.82, 2.24) is 0 Å². The van der Waals surface area contributed by atoms with Gasteiger partial charge in [0.1, 0.15) is 0 Å². The molecule has 2 aromatic carbocycles. The maximum atomic E-state index is 10.00. The Morgan fingerprint density at radius 1 is 0.654 bits per heavy atom. The van der Waals surface area contributed by atoms with Crippen molar-refractivity contribution in [2.45, 2.75) is 52.4 Å². The first kappa shape index (κ1) is 23.6. The zero-order chi connectivity index (χ0) is 20.2. The second kappa shape index (κ2) is 9.18. The van der Waals surface area contributed by atoms with Crippen LogP contribution in [0.4, 0.5) is 8.44 Å². The van der Waals surface area contributed by atoms with E-state index < -0.39 is 20.5 Å². The normalized spacial score (nSPS) is 12.3. The van der Waals surface area contributed by atoms with Crippen LogP contribution in [0, 0.1) is 7.14 Å². The molecule has 0 aromatic heterocycles. The molecule has 26 heavy (non-hydrogen) atoms. The second-order valence-corrected chi connectivity index (χ2v) is 13.3. The Kier molecular flexibility index (Phi) is 8.34. The standard InChI is InChI=1S/C20H26I.3FH.O.Sb/c1-19(2,3)15-7-11-17(12-8-15)21-18-13-9-16(10-14-18)20(4,5)6;;;;;/h7-14H,1-6H3;3*1H;;/q+1;;;;;+3/p-3. The summed E-state index contributed by atoms with van der Waals surface area (Å²) in [5, 5.41) is 0. The monoisotopic (exact) mass is 587 g/mol. The minimum absolute atomic E-state index is 0.0703. The molecule has 0 saturated carbocycles. The average molecular weight is 588 g/mol. The molecule has 0 N–H and O–H groups in total. The summed E-state index contributed by atoms with van der Waals surface area (Å²) in [6, 6.07) is 18.4. The van der Waals surface area contributed by atoms with Crippen molar-refractivity contribution in [3.05, 3.63) is 66.8 Å². The number of halogens is 4. The molecule has 0 spiro atoms. The van der Waals surface area contributed by atoms with Gasteiger partial charge in [-0.25, -0.2) is 0 Å². The first-order valence-electron chi connectivity index (χ1n) is 8.21. The van der Waals surface area contributed by atoms with Crippen LogP contribution in [0.25, 0.3) is 0 Å². The summed E-state index contributed by atoms with van der Waals surface area (Å²) in [5.74, 6) is 0. The molecule has 0 fully saturated rings. The maximum absolute atomic E-state index is 10.00. The Bertz CT molecular complexity index is 675. The fourth-order valence-corrected chi connectivity index (χ4v) is 4.31. The number of rotatable bonds is 2. The first-order chi connectivity index (χ1) is 11.7. The Balaban J connectivity index is 0.000000597. The topological polar surface area (TPSA) is 17.1 Å². The zero-order valence-electron chi connectivity index (χ0n) is 16.0. The molecule has 0 aliphatic rings. The van der Waals surface area contributed by atoms with E-state index in [0.29, 0.717) is 0 Å². The van der Waals surface area contributed by atoms with Crippen LogP contribution in [0.2, 0.25) is 0 Å². The number of hydrogen-bond acceptors (Lipinski definition) is 1. The van der Waals surface area contributed by atoms with Crippen molar-refractivity contribution in [3.8, 4) is 0 Å². The van der Waals surface area contributed by atoms with Gasteiger partial charge in [-0.1, -0.05) is 65.8 Å². The Hall–Kier alpha value is -0.422. The van der Waals surface area contributed by atoms with Gasteiger partial charge in [0.25, 0.3) is 0 Å². The molecular weight excluding hydrogens is 562 g/mol. The third kappa shape index (κ3) is 9.50. The van der Waals surface area contributed by atoms with Crippen LogP contribution in [0.3, 0.4) is 0 Å². The van der Waals surface area contributed by atoms with E-state index in [0.717, 1.165) is 0 Å². The van der Waals surface area contributed by atoms with Gasteiger partial charge in [-0.15, -0.1) is 0 Å². The fourth-order valence-electron chi connectivity index (χ4n) is 2.15. The van der Waals surface area contributed by atoms with E-state index >= 15 is 0 Å². The molecule has 2 aromatic rings. The van der Waals surface area contributed by atoms with Crippen molar-refractivity contribution >= 4 is 20.5 Å². The molecular formula is C20H26F3IOSb+. The summed E-state index contributed by atoms with van der Waals surface area (Å²) in [7, 11) is 0. The van der Waals surface area contributed by atoms with Crippen molar-refractivity contribution in [3.63, 3.8) is 0 Å². The van der Waals surface area contributed by atoms with Crippen LogP contribution in [0.15, 0.2) is 48.5 Å². The summed E-state index contributed by atoms with van der Waals surface area (Å²) in [5.41, 5.74) is 3.31. The van der Waals surface area contributed by atoms with Gasteiger partial charge in [0.2, 0.25) is 0 Å². The van der Waals surface area contributed by atoms with E-state index in [1.807, 2.05) is 0 Å². The molecule has 6 heteroatoms. The van der Waals surface area contributed by atoms with E-state index in [1.54, 1.807) is 0 Å². The van der Waals surface area contributed by atoms with E-state index in [-0.39, 0.29) is 32.0 Å². The van der Waals surface area contributed by atoms with Crippen LogP contribution in [0.1, 0.15) is 52.7 Å². The van der Waals surface area contributed by atoms with E-state index in [2.05, 4.69) is 90.1 Å². The van der Waals surface area contributed by atoms with Crippen molar-refractivity contribution < 1.29 is 32.7 Å². The van der Waals surface area contributed by atoms with Crippen LogP contribution in [-0.4, -0.2) is 20.5 Å². The second-order valence-electron chi connectivity index (χ2n) is 8.01. The van der Waals surface area contributed by atoms with E-state index in [1.165, 1.54) is 18.3 Å². The zero-order valence-corrected chi connectivity index (χ0v) is 20.7. The summed E-state index contributed by atoms with van der Waals surface area (Å²) in [6.07, 6.45) is 0. The van der Waals surface area contributed by atoms with E-state index in [9.17, 15) is 8.44 Å². The number of benzene rings is 2. The van der Waals surface area contributed by atoms with Gasteiger partial charge in [-0.05, 0) is 46.2 Å². The average Bonchev–Trinajstić information content (AvgIpc) is 2.45. The van der Waals surface area contributed by atoms with Gasteiger partial charge < -0.3 is 0 Å². The Labute approximate surface area is 171 Å². The Morgan fingerprint density at radius 2 is 0.885 bits per heavy atom. The molecule has 0 saturated heterocycles. The predicted molar refractivity (Wildman–Crippen MR) is 97.4 cm³/mol. The predicted octanol–water partition coefficient (Wildman–Crippen LogP) is 3.17. The molecule has 0 aliphatic heterocycles. The van der Waals surface area contributed by atoms with Gasteiger partial charge in [0, 0.05) is 0 Å². The molecule has 0 heterocycles. The molecule has 0 amide bonds. The third-order valence-corrected chi connectivity index (χ3v) is 6.32. The van der Waals surface area contributed by atoms with Crippen LogP contribution < -0.4 is 21.2 Å².